The molecule has 0 radical (unpaired) electrons. The average molecular weight is 866 g/mol. The molecule has 0 aliphatic carbocycles. The van der Waals surface area contributed by atoms with Gasteiger partial charge in [-0.1, -0.05) is 56.3 Å². The van der Waals surface area contributed by atoms with Crippen molar-refractivity contribution in [3.8, 4) is 22.4 Å². The molecule has 1 atom stereocenters. The highest BCUT2D eigenvalue weighted by Crippen LogP contribution is 2.34. The number of hydrogen-bond acceptors (Lipinski definition) is 11. The molecule has 5 heterocycles. The number of rotatable bonds is 10. The molecule has 4 aromatic carbocycles. The largest absolute Gasteiger partial charge is 0.371 e. The molecule has 3 aliphatic heterocycles. The number of aromatic amines is 1. The van der Waals surface area contributed by atoms with Crippen molar-refractivity contribution in [2.45, 2.75) is 84.0 Å². The van der Waals surface area contributed by atoms with Gasteiger partial charge in [0.1, 0.15) is 11.9 Å². The number of piperidine rings is 2. The van der Waals surface area contributed by atoms with Crippen LogP contribution in [0.5, 0.6) is 0 Å². The van der Waals surface area contributed by atoms with Gasteiger partial charge in [0, 0.05) is 66.3 Å². The van der Waals surface area contributed by atoms with Crippen molar-refractivity contribution in [3.05, 3.63) is 118 Å². The Labute approximate surface area is 368 Å². The fourth-order valence-corrected chi connectivity index (χ4v) is 8.81. The highest BCUT2D eigenvalue weighted by Gasteiger charge is 2.45. The summed E-state index contributed by atoms with van der Waals surface area (Å²) in [5.41, 5.74) is 7.88. The third-order valence-corrected chi connectivity index (χ3v) is 12.6. The van der Waals surface area contributed by atoms with E-state index in [1.165, 1.54) is 6.07 Å². The summed E-state index contributed by atoms with van der Waals surface area (Å²) in [5.74, 6) is -3.13. The van der Waals surface area contributed by atoms with E-state index < -0.39 is 41.4 Å². The number of fused-ring (bicyclic) bond motifs is 2. The zero-order chi connectivity index (χ0) is 45.0. The normalized spacial score (nSPS) is 17.1. The number of hydrogen-bond donors (Lipinski definition) is 3. The lowest BCUT2D eigenvalue weighted by molar-refractivity contribution is -0.136. The van der Waals surface area contributed by atoms with E-state index in [-0.39, 0.29) is 47.9 Å². The number of nitrogens with one attached hydrogen (secondary N) is 3. The zero-order valence-corrected chi connectivity index (χ0v) is 36.3. The van der Waals surface area contributed by atoms with Gasteiger partial charge >= 0.3 is 11.8 Å². The Hall–Kier alpha value is -7.07. The van der Waals surface area contributed by atoms with Gasteiger partial charge in [0.2, 0.25) is 11.8 Å². The number of carbonyl (C=O) groups is 5. The molecule has 64 heavy (non-hydrogen) atoms. The van der Waals surface area contributed by atoms with E-state index in [9.17, 15) is 24.0 Å². The van der Waals surface area contributed by atoms with Crippen LogP contribution in [0.2, 0.25) is 0 Å². The summed E-state index contributed by atoms with van der Waals surface area (Å²) in [6.45, 7) is 10.0. The first kappa shape index (κ1) is 42.2. The average Bonchev–Trinajstić information content (AvgIpc) is 4.01. The molecule has 0 spiro atoms. The molecule has 16 heteroatoms. The second kappa shape index (κ2) is 16.6. The van der Waals surface area contributed by atoms with Crippen molar-refractivity contribution in [1.82, 2.24) is 40.8 Å². The molecule has 0 saturated carbocycles. The second-order valence-electron chi connectivity index (χ2n) is 17.9. The standard InChI is InChI=1S/C48H48FN9O6/c1-26-20-29(6-7-30(26)24-50-43(61)44-52-47(55-64-44)48(2,3)4)41-36-21-28(10-13-38(36)53-54-41)27-8-11-33(12-9-27)57-18-16-32(17-19-57)56(5)25-31-22-34-35(23-37(31)49)46(63)58(45(34)62)39-14-15-40(59)51-42(39)60/h6-13,20-23,32,39H,14-19,24-25H2,1-5H3,(H,50,61)(H,53,54)(H,51,59,60). The summed E-state index contributed by atoms with van der Waals surface area (Å²) in [4.78, 5) is 72.9. The minimum absolute atomic E-state index is 0.0119. The summed E-state index contributed by atoms with van der Waals surface area (Å²) in [6.07, 6.45) is 1.74. The number of H-pyrrole nitrogens is 1. The molecule has 3 aliphatic rings. The molecule has 15 nitrogen and oxygen atoms in total. The number of aromatic nitrogens is 4. The van der Waals surface area contributed by atoms with Gasteiger partial charge in [0.05, 0.1) is 22.3 Å². The van der Waals surface area contributed by atoms with E-state index in [2.05, 4.69) is 83.2 Å². The monoisotopic (exact) mass is 865 g/mol. The van der Waals surface area contributed by atoms with Crippen molar-refractivity contribution >= 4 is 46.1 Å². The fraction of sp³-hybridized carbons (Fsp3) is 0.333. The molecule has 2 saturated heterocycles. The van der Waals surface area contributed by atoms with Crippen LogP contribution in [-0.2, 0) is 28.1 Å². The lowest BCUT2D eigenvalue weighted by Gasteiger charge is -2.38. The maximum atomic E-state index is 15.4. The Morgan fingerprint density at radius 1 is 0.891 bits per heavy atom. The van der Waals surface area contributed by atoms with Gasteiger partial charge in [0.25, 0.3) is 11.8 Å². The molecule has 0 bridgehead atoms. The topological polar surface area (TPSA) is 187 Å². The van der Waals surface area contributed by atoms with Crippen molar-refractivity contribution in [3.63, 3.8) is 0 Å². The molecule has 328 valence electrons. The van der Waals surface area contributed by atoms with Gasteiger partial charge in [-0.2, -0.15) is 10.1 Å². The minimum atomic E-state index is -1.11. The predicted octanol–water partition coefficient (Wildman–Crippen LogP) is 6.46. The molecule has 2 aromatic heterocycles. The van der Waals surface area contributed by atoms with Crippen LogP contribution in [0, 0.1) is 12.7 Å². The van der Waals surface area contributed by atoms with E-state index in [1.807, 2.05) is 52.9 Å². The first-order chi connectivity index (χ1) is 30.6. The third-order valence-electron chi connectivity index (χ3n) is 12.6. The van der Waals surface area contributed by atoms with Gasteiger partial charge in [-0.15, -0.1) is 0 Å². The van der Waals surface area contributed by atoms with Crippen LogP contribution in [0.25, 0.3) is 33.3 Å². The Morgan fingerprint density at radius 2 is 1.59 bits per heavy atom. The van der Waals surface area contributed by atoms with Crippen LogP contribution < -0.4 is 15.5 Å². The maximum Gasteiger partial charge on any atom is 0.315 e. The lowest BCUT2D eigenvalue weighted by atomic mass is 9.96. The van der Waals surface area contributed by atoms with Crippen LogP contribution in [0.15, 0.2) is 77.3 Å². The van der Waals surface area contributed by atoms with Crippen LogP contribution in [0.1, 0.15) is 100 Å². The lowest BCUT2D eigenvalue weighted by Crippen LogP contribution is -2.54. The van der Waals surface area contributed by atoms with Gasteiger partial charge in [-0.05, 0) is 98.0 Å². The van der Waals surface area contributed by atoms with E-state index in [1.54, 1.807) is 0 Å². The zero-order valence-electron chi connectivity index (χ0n) is 36.3. The number of anilines is 1. The van der Waals surface area contributed by atoms with Crippen molar-refractivity contribution < 1.29 is 32.9 Å². The van der Waals surface area contributed by atoms with E-state index in [0.29, 0.717) is 17.9 Å². The van der Waals surface area contributed by atoms with Gasteiger partial charge in [0.15, 0.2) is 5.82 Å². The third kappa shape index (κ3) is 8.04. The van der Waals surface area contributed by atoms with Gasteiger partial charge < -0.3 is 14.7 Å². The Bertz CT molecular complexity index is 2850. The molecular weight excluding hydrogens is 818 g/mol. The van der Waals surface area contributed by atoms with Crippen LogP contribution in [0.3, 0.4) is 0 Å². The SMILES string of the molecule is Cc1cc(-c2n[nH]c3ccc(-c4ccc(N5CCC(N(C)Cc6cc7c(cc6F)C(=O)N(C6CCC(=O)NC6=O)C7=O)CC5)cc4)cc23)ccc1CNC(=O)c1nc(C(C)(C)C)no1. The van der Waals surface area contributed by atoms with Crippen molar-refractivity contribution in [2.24, 2.45) is 0 Å². The summed E-state index contributed by atoms with van der Waals surface area (Å²) in [6, 6.07) is 22.5. The summed E-state index contributed by atoms with van der Waals surface area (Å²) >= 11 is 0. The number of nitrogens with zero attached hydrogens (tertiary/aromatic N) is 6. The van der Waals surface area contributed by atoms with E-state index >= 15 is 4.39 Å². The highest BCUT2D eigenvalue weighted by atomic mass is 19.1. The summed E-state index contributed by atoms with van der Waals surface area (Å²) < 4.78 is 20.6. The molecule has 2 fully saturated rings. The fourth-order valence-electron chi connectivity index (χ4n) is 8.81. The molecule has 3 N–H and O–H groups in total. The Morgan fingerprint density at radius 3 is 2.28 bits per heavy atom. The smallest absolute Gasteiger partial charge is 0.315 e. The summed E-state index contributed by atoms with van der Waals surface area (Å²) in [7, 11) is 1.94. The first-order valence-electron chi connectivity index (χ1n) is 21.4. The number of imide groups is 2. The molecule has 6 aromatic rings. The van der Waals surface area contributed by atoms with Crippen LogP contribution in [-0.4, -0.2) is 91.9 Å². The van der Waals surface area contributed by atoms with E-state index in [4.69, 9.17) is 4.52 Å². The van der Waals surface area contributed by atoms with Gasteiger partial charge in [-0.25, -0.2) is 4.39 Å². The number of halogens is 1. The number of amides is 5. The van der Waals surface area contributed by atoms with Crippen LogP contribution in [0.4, 0.5) is 10.1 Å². The molecular formula is C48H48FN9O6. The molecule has 9 rings (SSSR count). The van der Waals surface area contributed by atoms with Gasteiger partial charge in [-0.3, -0.25) is 44.2 Å². The maximum absolute atomic E-state index is 15.4. The Balaban J connectivity index is 0.812. The molecule has 5 amide bonds. The number of benzene rings is 4. The van der Waals surface area contributed by atoms with Crippen LogP contribution >= 0.6 is 0 Å². The second-order valence-corrected chi connectivity index (χ2v) is 17.9. The number of carbonyl (C=O) groups excluding carboxylic acids is 5. The van der Waals surface area contributed by atoms with E-state index in [0.717, 1.165) is 87.0 Å². The quantitative estimate of drug-likeness (QED) is 0.128. The molecule has 1 unspecified atom stereocenters. The summed E-state index contributed by atoms with van der Waals surface area (Å²) in [5, 5.41) is 17.8. The first-order valence-corrected chi connectivity index (χ1v) is 21.4. The minimum Gasteiger partial charge on any atom is -0.371 e. The predicted molar refractivity (Wildman–Crippen MR) is 236 cm³/mol. The number of aryl methyl sites for hydroxylation is 1. The van der Waals surface area contributed by atoms with Crippen molar-refractivity contribution in [2.75, 3.05) is 25.0 Å². The highest BCUT2D eigenvalue weighted by molar-refractivity contribution is 6.23. The van der Waals surface area contributed by atoms with Crippen molar-refractivity contribution in [1.29, 1.82) is 0 Å². The Kier molecular flexibility index (Phi) is 10.9.